The fourth-order valence-electron chi connectivity index (χ4n) is 1.79. The summed E-state index contributed by atoms with van der Waals surface area (Å²) in [5, 5.41) is 0. The normalized spacial score (nSPS) is 15.8. The minimum Gasteiger partial charge on any atom is -0.330 e. The SMILES string of the molecule is CC(C)C(C)(CN)Cc1ccc(C(F)(F)F)cc1. The predicted octanol–water partition coefficient (Wildman–Crippen LogP) is 3.87. The zero-order chi connectivity index (χ0) is 14.0. The molecule has 0 saturated carbocycles. The van der Waals surface area contributed by atoms with Crippen molar-refractivity contribution in [2.45, 2.75) is 33.4 Å². The van der Waals surface area contributed by atoms with Crippen molar-refractivity contribution in [1.29, 1.82) is 0 Å². The number of benzene rings is 1. The van der Waals surface area contributed by atoms with Gasteiger partial charge < -0.3 is 5.73 Å². The molecule has 1 nitrogen and oxygen atoms in total. The van der Waals surface area contributed by atoms with Crippen molar-refractivity contribution in [3.05, 3.63) is 35.4 Å². The monoisotopic (exact) mass is 259 g/mol. The molecule has 0 aliphatic carbocycles. The number of rotatable bonds is 4. The third-order valence-electron chi connectivity index (χ3n) is 3.75. The average molecular weight is 259 g/mol. The van der Waals surface area contributed by atoms with Crippen LogP contribution in [0.25, 0.3) is 0 Å². The number of halogens is 3. The highest BCUT2D eigenvalue weighted by atomic mass is 19.4. The van der Waals surface area contributed by atoms with Gasteiger partial charge in [-0.3, -0.25) is 0 Å². The van der Waals surface area contributed by atoms with Crippen LogP contribution in [-0.4, -0.2) is 6.54 Å². The Hall–Kier alpha value is -1.03. The highest BCUT2D eigenvalue weighted by molar-refractivity contribution is 5.25. The molecule has 0 fully saturated rings. The molecule has 1 aromatic carbocycles. The van der Waals surface area contributed by atoms with Crippen molar-refractivity contribution in [3.63, 3.8) is 0 Å². The second kappa shape index (κ2) is 5.31. The summed E-state index contributed by atoms with van der Waals surface area (Å²) in [4.78, 5) is 0. The van der Waals surface area contributed by atoms with Crippen molar-refractivity contribution < 1.29 is 13.2 Å². The standard InChI is InChI=1S/C14H20F3N/c1-10(2)13(3,9-18)8-11-4-6-12(7-5-11)14(15,16)17/h4-7,10H,8-9,18H2,1-3H3. The molecule has 1 atom stereocenters. The molecule has 4 heteroatoms. The van der Waals surface area contributed by atoms with Crippen molar-refractivity contribution in [2.75, 3.05) is 6.54 Å². The Morgan fingerprint density at radius 2 is 1.61 bits per heavy atom. The van der Waals surface area contributed by atoms with Crippen LogP contribution in [0.2, 0.25) is 0 Å². The summed E-state index contributed by atoms with van der Waals surface area (Å²) in [7, 11) is 0. The summed E-state index contributed by atoms with van der Waals surface area (Å²) in [5.41, 5.74) is 5.98. The summed E-state index contributed by atoms with van der Waals surface area (Å²) in [6.07, 6.45) is -3.58. The third-order valence-corrected chi connectivity index (χ3v) is 3.75. The van der Waals surface area contributed by atoms with Crippen LogP contribution >= 0.6 is 0 Å². The van der Waals surface area contributed by atoms with Gasteiger partial charge in [0.05, 0.1) is 5.56 Å². The predicted molar refractivity (Wildman–Crippen MR) is 67.1 cm³/mol. The summed E-state index contributed by atoms with van der Waals surface area (Å²) in [6.45, 7) is 6.74. The van der Waals surface area contributed by atoms with Crippen molar-refractivity contribution in [3.8, 4) is 0 Å². The molecule has 18 heavy (non-hydrogen) atoms. The first-order valence-electron chi connectivity index (χ1n) is 6.05. The van der Waals surface area contributed by atoms with E-state index in [4.69, 9.17) is 5.73 Å². The zero-order valence-electron chi connectivity index (χ0n) is 11.0. The van der Waals surface area contributed by atoms with Crippen LogP contribution in [0.5, 0.6) is 0 Å². The van der Waals surface area contributed by atoms with E-state index < -0.39 is 11.7 Å². The largest absolute Gasteiger partial charge is 0.416 e. The van der Waals surface area contributed by atoms with Gasteiger partial charge in [0.2, 0.25) is 0 Å². The lowest BCUT2D eigenvalue weighted by atomic mass is 9.74. The minimum atomic E-state index is -4.27. The van der Waals surface area contributed by atoms with Gasteiger partial charge in [-0.25, -0.2) is 0 Å². The Kier molecular flexibility index (Phi) is 4.43. The molecule has 0 amide bonds. The van der Waals surface area contributed by atoms with E-state index in [1.807, 2.05) is 0 Å². The molecule has 0 aliphatic heterocycles. The van der Waals surface area contributed by atoms with Crippen LogP contribution in [0.15, 0.2) is 24.3 Å². The zero-order valence-corrected chi connectivity index (χ0v) is 11.0. The molecule has 0 saturated heterocycles. The van der Waals surface area contributed by atoms with Crippen molar-refractivity contribution in [2.24, 2.45) is 17.1 Å². The Bertz CT molecular complexity index is 381. The molecule has 1 aromatic rings. The number of hydrogen-bond acceptors (Lipinski definition) is 1. The molecule has 0 heterocycles. The van der Waals surface area contributed by atoms with Gasteiger partial charge in [-0.15, -0.1) is 0 Å². The van der Waals surface area contributed by atoms with Gasteiger partial charge in [-0.2, -0.15) is 13.2 Å². The van der Waals surface area contributed by atoms with Gasteiger partial charge in [0, 0.05) is 0 Å². The second-order valence-corrected chi connectivity index (χ2v) is 5.38. The van der Waals surface area contributed by atoms with E-state index in [2.05, 4.69) is 20.8 Å². The van der Waals surface area contributed by atoms with Gasteiger partial charge >= 0.3 is 6.18 Å². The minimum absolute atomic E-state index is 0.0836. The average Bonchev–Trinajstić information content (AvgIpc) is 2.28. The molecule has 1 rings (SSSR count). The van der Waals surface area contributed by atoms with E-state index in [1.54, 1.807) is 12.1 Å². The molecule has 2 N–H and O–H groups in total. The smallest absolute Gasteiger partial charge is 0.330 e. The lowest BCUT2D eigenvalue weighted by Crippen LogP contribution is -2.34. The van der Waals surface area contributed by atoms with Crippen molar-refractivity contribution in [1.82, 2.24) is 0 Å². The fraction of sp³-hybridized carbons (Fsp3) is 0.571. The molecular weight excluding hydrogens is 239 g/mol. The first-order valence-corrected chi connectivity index (χ1v) is 6.05. The Morgan fingerprint density at radius 1 is 1.11 bits per heavy atom. The first-order chi connectivity index (χ1) is 8.19. The first kappa shape index (κ1) is 15.0. The lowest BCUT2D eigenvalue weighted by molar-refractivity contribution is -0.137. The quantitative estimate of drug-likeness (QED) is 0.872. The van der Waals surface area contributed by atoms with Gasteiger partial charge in [0.15, 0.2) is 0 Å². The number of nitrogens with two attached hydrogens (primary N) is 1. The Balaban J connectivity index is 2.87. The van der Waals surface area contributed by atoms with E-state index >= 15 is 0 Å². The number of alkyl halides is 3. The van der Waals surface area contributed by atoms with Crippen LogP contribution in [-0.2, 0) is 12.6 Å². The van der Waals surface area contributed by atoms with Gasteiger partial charge in [-0.1, -0.05) is 32.9 Å². The maximum atomic E-state index is 12.4. The van der Waals surface area contributed by atoms with E-state index in [0.29, 0.717) is 18.9 Å². The van der Waals surface area contributed by atoms with E-state index in [1.165, 1.54) is 0 Å². The second-order valence-electron chi connectivity index (χ2n) is 5.38. The van der Waals surface area contributed by atoms with Crippen LogP contribution in [0.4, 0.5) is 13.2 Å². The van der Waals surface area contributed by atoms with Gasteiger partial charge in [-0.05, 0) is 42.0 Å². The molecule has 0 bridgehead atoms. The van der Waals surface area contributed by atoms with Crippen LogP contribution in [0, 0.1) is 11.3 Å². The highest BCUT2D eigenvalue weighted by Gasteiger charge is 2.31. The molecular formula is C14H20F3N. The third kappa shape index (κ3) is 3.48. The molecule has 0 aliphatic rings. The maximum Gasteiger partial charge on any atom is 0.416 e. The van der Waals surface area contributed by atoms with Crippen molar-refractivity contribution >= 4 is 0 Å². The topological polar surface area (TPSA) is 26.0 Å². The summed E-state index contributed by atoms with van der Waals surface area (Å²) in [6, 6.07) is 5.34. The van der Waals surface area contributed by atoms with E-state index in [0.717, 1.165) is 17.7 Å². The van der Waals surface area contributed by atoms with Crippen LogP contribution < -0.4 is 5.73 Å². The summed E-state index contributed by atoms with van der Waals surface area (Å²) in [5.74, 6) is 0.379. The highest BCUT2D eigenvalue weighted by Crippen LogP contribution is 2.32. The van der Waals surface area contributed by atoms with E-state index in [9.17, 15) is 13.2 Å². The van der Waals surface area contributed by atoms with E-state index in [-0.39, 0.29) is 5.41 Å². The summed E-state index contributed by atoms with van der Waals surface area (Å²) >= 11 is 0. The van der Waals surface area contributed by atoms with Crippen LogP contribution in [0.3, 0.4) is 0 Å². The molecule has 0 spiro atoms. The maximum absolute atomic E-state index is 12.4. The Labute approximate surface area is 106 Å². The fourth-order valence-corrected chi connectivity index (χ4v) is 1.79. The molecule has 1 unspecified atom stereocenters. The molecule has 0 aromatic heterocycles. The summed E-state index contributed by atoms with van der Waals surface area (Å²) < 4.78 is 37.3. The molecule has 102 valence electrons. The van der Waals surface area contributed by atoms with Crippen LogP contribution in [0.1, 0.15) is 31.9 Å². The van der Waals surface area contributed by atoms with Gasteiger partial charge in [0.25, 0.3) is 0 Å². The number of hydrogen-bond donors (Lipinski definition) is 1. The lowest BCUT2D eigenvalue weighted by Gasteiger charge is -2.32. The molecule has 0 radical (unpaired) electrons. The van der Waals surface area contributed by atoms with Gasteiger partial charge in [0.1, 0.15) is 0 Å². The Morgan fingerprint density at radius 3 is 1.94 bits per heavy atom.